The van der Waals surface area contributed by atoms with Crippen molar-refractivity contribution >= 4 is 15.9 Å². The zero-order chi connectivity index (χ0) is 11.4. The van der Waals surface area contributed by atoms with E-state index in [1.54, 1.807) is 12.1 Å². The Balaban J connectivity index is 2.97. The number of aromatic hydroxyl groups is 1. The van der Waals surface area contributed by atoms with E-state index in [1.165, 1.54) is 7.11 Å². The summed E-state index contributed by atoms with van der Waals surface area (Å²) < 4.78 is 5.74. The van der Waals surface area contributed by atoms with Crippen molar-refractivity contribution in [2.45, 2.75) is 12.5 Å². The molecule has 4 nitrogen and oxygen atoms in total. The highest BCUT2D eigenvalue weighted by atomic mass is 79.9. The molecule has 0 radical (unpaired) electrons. The van der Waals surface area contributed by atoms with Crippen LogP contribution in [0.25, 0.3) is 0 Å². The molecule has 0 spiro atoms. The van der Waals surface area contributed by atoms with Crippen LogP contribution in [0.15, 0.2) is 16.6 Å². The molecule has 0 saturated heterocycles. The normalized spacial score (nSPS) is 12.5. The lowest BCUT2D eigenvalue weighted by Gasteiger charge is -2.12. The van der Waals surface area contributed by atoms with Crippen LogP contribution in [0.3, 0.4) is 0 Å². The van der Waals surface area contributed by atoms with E-state index < -0.39 is 0 Å². The summed E-state index contributed by atoms with van der Waals surface area (Å²) >= 11 is 3.32. The van der Waals surface area contributed by atoms with Crippen LogP contribution in [0, 0.1) is 0 Å². The van der Waals surface area contributed by atoms with Gasteiger partial charge in [-0.3, -0.25) is 0 Å². The summed E-state index contributed by atoms with van der Waals surface area (Å²) in [6.07, 6.45) is 0.522. The van der Waals surface area contributed by atoms with Crippen molar-refractivity contribution < 1.29 is 14.9 Å². The zero-order valence-electron chi connectivity index (χ0n) is 8.40. The van der Waals surface area contributed by atoms with E-state index in [9.17, 15) is 5.11 Å². The second-order valence-corrected chi connectivity index (χ2v) is 4.12. The van der Waals surface area contributed by atoms with Gasteiger partial charge in [-0.2, -0.15) is 0 Å². The molecule has 0 heterocycles. The van der Waals surface area contributed by atoms with Crippen LogP contribution in [0.5, 0.6) is 11.5 Å². The Bertz CT molecular complexity index is 344. The SMILES string of the molecule is COc1cc(CC(N)CO)c(Br)cc1O. The third-order valence-corrected chi connectivity index (χ3v) is 2.80. The number of phenols is 1. The Labute approximate surface area is 96.8 Å². The molecule has 1 unspecified atom stereocenters. The molecule has 0 aliphatic carbocycles. The summed E-state index contributed by atoms with van der Waals surface area (Å²) in [6, 6.07) is 2.95. The number of rotatable bonds is 4. The highest BCUT2D eigenvalue weighted by Crippen LogP contribution is 2.32. The van der Waals surface area contributed by atoms with Crippen LogP contribution in [0.1, 0.15) is 5.56 Å². The van der Waals surface area contributed by atoms with Crippen LogP contribution < -0.4 is 10.5 Å². The maximum atomic E-state index is 9.47. The predicted molar refractivity (Wildman–Crippen MR) is 61.1 cm³/mol. The molecule has 1 aromatic carbocycles. The second kappa shape index (κ2) is 5.34. The summed E-state index contributed by atoms with van der Waals surface area (Å²) in [4.78, 5) is 0. The van der Waals surface area contributed by atoms with E-state index in [-0.39, 0.29) is 18.4 Å². The molecule has 0 amide bonds. The molecular weight excluding hydrogens is 262 g/mol. The van der Waals surface area contributed by atoms with Gasteiger partial charge < -0.3 is 20.7 Å². The van der Waals surface area contributed by atoms with Crippen LogP contribution in [-0.2, 0) is 6.42 Å². The molecule has 0 bridgehead atoms. The number of hydrogen-bond donors (Lipinski definition) is 3. The molecule has 0 aromatic heterocycles. The smallest absolute Gasteiger partial charge is 0.160 e. The topological polar surface area (TPSA) is 75.7 Å². The number of benzene rings is 1. The predicted octanol–water partition coefficient (Wildman–Crippen LogP) is 1.03. The quantitative estimate of drug-likeness (QED) is 0.767. The van der Waals surface area contributed by atoms with Gasteiger partial charge in [0.15, 0.2) is 11.5 Å². The number of ether oxygens (including phenoxy) is 1. The molecule has 0 fully saturated rings. The third kappa shape index (κ3) is 3.09. The minimum absolute atomic E-state index is 0.0738. The zero-order valence-corrected chi connectivity index (χ0v) is 9.99. The van der Waals surface area contributed by atoms with Gasteiger partial charge >= 0.3 is 0 Å². The van der Waals surface area contributed by atoms with Gasteiger partial charge in [-0.15, -0.1) is 0 Å². The summed E-state index contributed by atoms with van der Waals surface area (Å²) in [5.41, 5.74) is 6.52. The highest BCUT2D eigenvalue weighted by molar-refractivity contribution is 9.10. The van der Waals surface area contributed by atoms with E-state index in [0.717, 1.165) is 10.0 Å². The third-order valence-electron chi connectivity index (χ3n) is 2.06. The van der Waals surface area contributed by atoms with Gasteiger partial charge in [0.1, 0.15) is 0 Å². The number of nitrogens with two attached hydrogens (primary N) is 1. The number of halogens is 1. The highest BCUT2D eigenvalue weighted by Gasteiger charge is 2.10. The fourth-order valence-electron chi connectivity index (χ4n) is 1.25. The molecular formula is C10H14BrNO3. The lowest BCUT2D eigenvalue weighted by molar-refractivity contribution is 0.265. The van der Waals surface area contributed by atoms with Crippen LogP contribution >= 0.6 is 15.9 Å². The molecule has 0 aliphatic rings. The molecule has 1 atom stereocenters. The first kappa shape index (κ1) is 12.3. The Morgan fingerprint density at radius 3 is 2.73 bits per heavy atom. The van der Waals surface area contributed by atoms with E-state index >= 15 is 0 Å². The monoisotopic (exact) mass is 275 g/mol. The Morgan fingerprint density at radius 2 is 2.20 bits per heavy atom. The molecule has 5 heteroatoms. The van der Waals surface area contributed by atoms with E-state index in [4.69, 9.17) is 15.6 Å². The van der Waals surface area contributed by atoms with E-state index in [0.29, 0.717) is 12.2 Å². The van der Waals surface area contributed by atoms with Gasteiger partial charge in [0.2, 0.25) is 0 Å². The van der Waals surface area contributed by atoms with Crippen LogP contribution in [0.2, 0.25) is 0 Å². The fourth-order valence-corrected chi connectivity index (χ4v) is 1.75. The first-order valence-electron chi connectivity index (χ1n) is 4.50. The lowest BCUT2D eigenvalue weighted by Crippen LogP contribution is -2.26. The van der Waals surface area contributed by atoms with Gasteiger partial charge in [-0.1, -0.05) is 15.9 Å². The van der Waals surface area contributed by atoms with Gasteiger partial charge in [-0.25, -0.2) is 0 Å². The van der Waals surface area contributed by atoms with E-state index in [2.05, 4.69) is 15.9 Å². The van der Waals surface area contributed by atoms with Crippen molar-refractivity contribution in [3.63, 3.8) is 0 Å². The van der Waals surface area contributed by atoms with Crippen molar-refractivity contribution in [3.05, 3.63) is 22.2 Å². The van der Waals surface area contributed by atoms with Crippen molar-refractivity contribution in [3.8, 4) is 11.5 Å². The number of hydrogen-bond acceptors (Lipinski definition) is 4. The molecule has 1 aromatic rings. The fraction of sp³-hybridized carbons (Fsp3) is 0.400. The minimum atomic E-state index is -0.310. The van der Waals surface area contributed by atoms with Gasteiger partial charge in [0.05, 0.1) is 13.7 Å². The Hall–Kier alpha value is -0.780. The average Bonchev–Trinajstić information content (AvgIpc) is 2.21. The number of aliphatic hydroxyl groups is 1. The summed E-state index contributed by atoms with van der Waals surface area (Å²) in [7, 11) is 1.48. The number of phenolic OH excluding ortho intramolecular Hbond substituents is 1. The molecule has 0 aliphatic heterocycles. The van der Waals surface area contributed by atoms with Crippen molar-refractivity contribution in [2.75, 3.05) is 13.7 Å². The van der Waals surface area contributed by atoms with Crippen molar-refractivity contribution in [2.24, 2.45) is 5.73 Å². The van der Waals surface area contributed by atoms with Gasteiger partial charge in [0.25, 0.3) is 0 Å². The van der Waals surface area contributed by atoms with Gasteiger partial charge in [-0.05, 0) is 24.1 Å². The Morgan fingerprint density at radius 1 is 1.53 bits per heavy atom. The van der Waals surface area contributed by atoms with Crippen LogP contribution in [0.4, 0.5) is 0 Å². The standard InChI is InChI=1S/C10H14BrNO3/c1-15-10-3-6(2-7(12)5-13)8(11)4-9(10)14/h3-4,7,13-14H,2,5,12H2,1H3. The molecule has 84 valence electrons. The van der Waals surface area contributed by atoms with Crippen molar-refractivity contribution in [1.82, 2.24) is 0 Å². The average molecular weight is 276 g/mol. The molecule has 0 saturated carbocycles. The first-order valence-corrected chi connectivity index (χ1v) is 5.29. The lowest BCUT2D eigenvalue weighted by atomic mass is 10.1. The summed E-state index contributed by atoms with van der Waals surface area (Å²) in [5.74, 6) is 0.476. The maximum Gasteiger partial charge on any atom is 0.160 e. The molecule has 15 heavy (non-hydrogen) atoms. The first-order chi connectivity index (χ1) is 7.08. The second-order valence-electron chi connectivity index (χ2n) is 3.26. The van der Waals surface area contributed by atoms with Crippen LogP contribution in [-0.4, -0.2) is 30.0 Å². The summed E-state index contributed by atoms with van der Waals surface area (Å²) in [6.45, 7) is -0.0738. The Kier molecular flexibility index (Phi) is 4.38. The van der Waals surface area contributed by atoms with Crippen molar-refractivity contribution in [1.29, 1.82) is 0 Å². The number of methoxy groups -OCH3 is 1. The maximum absolute atomic E-state index is 9.47. The largest absolute Gasteiger partial charge is 0.504 e. The molecule has 4 N–H and O–H groups in total. The summed E-state index contributed by atoms with van der Waals surface area (Å²) in [5, 5.41) is 18.3. The van der Waals surface area contributed by atoms with E-state index in [1.807, 2.05) is 0 Å². The molecule has 1 rings (SSSR count). The minimum Gasteiger partial charge on any atom is -0.504 e. The van der Waals surface area contributed by atoms with Gasteiger partial charge in [0, 0.05) is 10.5 Å². The number of aliphatic hydroxyl groups excluding tert-OH is 1.